The zero-order chi connectivity index (χ0) is 15.8. The molecule has 0 fully saturated rings. The van der Waals surface area contributed by atoms with Gasteiger partial charge >= 0.3 is 0 Å². The number of benzene rings is 1. The van der Waals surface area contributed by atoms with Gasteiger partial charge in [-0.2, -0.15) is 4.98 Å². The van der Waals surface area contributed by atoms with E-state index in [0.717, 1.165) is 4.47 Å². The summed E-state index contributed by atoms with van der Waals surface area (Å²) in [6, 6.07) is 5.39. The summed E-state index contributed by atoms with van der Waals surface area (Å²) in [5.74, 6) is 1.99. The first-order valence-corrected chi connectivity index (χ1v) is 7.63. The Balaban J connectivity index is 2.49. The van der Waals surface area contributed by atoms with E-state index < -0.39 is 0 Å². The molecule has 21 heavy (non-hydrogen) atoms. The molecule has 0 aliphatic rings. The van der Waals surface area contributed by atoms with Crippen LogP contribution in [0.5, 0.6) is 11.6 Å². The SMILES string of the molecule is Cc1c(N)nc(C(C)(C)C)nc1Oc1cc(Br)ccc1Cl. The van der Waals surface area contributed by atoms with Crippen molar-refractivity contribution in [3.05, 3.63) is 39.1 Å². The molecule has 1 heterocycles. The quantitative estimate of drug-likeness (QED) is 0.819. The summed E-state index contributed by atoms with van der Waals surface area (Å²) in [6.45, 7) is 7.88. The topological polar surface area (TPSA) is 61.0 Å². The van der Waals surface area contributed by atoms with Gasteiger partial charge in [-0.05, 0) is 25.1 Å². The normalized spacial score (nSPS) is 11.5. The van der Waals surface area contributed by atoms with Crippen LogP contribution in [0.15, 0.2) is 22.7 Å². The van der Waals surface area contributed by atoms with Gasteiger partial charge in [0, 0.05) is 9.89 Å². The van der Waals surface area contributed by atoms with Gasteiger partial charge in [0.15, 0.2) is 0 Å². The Morgan fingerprint density at radius 1 is 1.24 bits per heavy atom. The number of nitrogen functional groups attached to an aromatic ring is 1. The summed E-state index contributed by atoms with van der Waals surface area (Å²) in [5.41, 5.74) is 6.44. The number of nitrogens with zero attached hydrogens (tertiary/aromatic N) is 2. The monoisotopic (exact) mass is 369 g/mol. The van der Waals surface area contributed by atoms with Crippen LogP contribution in [0.2, 0.25) is 5.02 Å². The van der Waals surface area contributed by atoms with Crippen molar-refractivity contribution in [3.63, 3.8) is 0 Å². The highest BCUT2D eigenvalue weighted by Crippen LogP contribution is 2.34. The van der Waals surface area contributed by atoms with Crippen molar-refractivity contribution in [2.24, 2.45) is 0 Å². The summed E-state index contributed by atoms with van der Waals surface area (Å²) >= 11 is 9.54. The van der Waals surface area contributed by atoms with Gasteiger partial charge in [0.2, 0.25) is 5.88 Å². The molecule has 2 N–H and O–H groups in total. The number of ether oxygens (including phenoxy) is 1. The fourth-order valence-electron chi connectivity index (χ4n) is 1.61. The number of aromatic nitrogens is 2. The Hall–Kier alpha value is -1.33. The third kappa shape index (κ3) is 3.66. The fourth-order valence-corrected chi connectivity index (χ4v) is 2.10. The molecule has 0 saturated carbocycles. The van der Waals surface area contributed by atoms with Crippen LogP contribution in [0.1, 0.15) is 32.2 Å². The van der Waals surface area contributed by atoms with Crippen molar-refractivity contribution >= 4 is 33.3 Å². The molecule has 4 nitrogen and oxygen atoms in total. The Morgan fingerprint density at radius 2 is 1.90 bits per heavy atom. The molecule has 0 spiro atoms. The maximum absolute atomic E-state index is 6.15. The zero-order valence-electron chi connectivity index (χ0n) is 12.4. The smallest absolute Gasteiger partial charge is 0.227 e. The minimum Gasteiger partial charge on any atom is -0.437 e. The van der Waals surface area contributed by atoms with Crippen molar-refractivity contribution in [1.82, 2.24) is 9.97 Å². The van der Waals surface area contributed by atoms with Crippen LogP contribution in [0, 0.1) is 6.92 Å². The summed E-state index contributed by atoms with van der Waals surface area (Å²) in [7, 11) is 0. The molecule has 0 aliphatic heterocycles. The molecule has 0 saturated heterocycles. The summed E-state index contributed by atoms with van der Waals surface area (Å²) in [6.07, 6.45) is 0. The summed E-state index contributed by atoms with van der Waals surface area (Å²) < 4.78 is 6.72. The molecule has 2 rings (SSSR count). The van der Waals surface area contributed by atoms with Crippen LogP contribution >= 0.6 is 27.5 Å². The Kier molecular flexibility index (Phi) is 4.44. The van der Waals surface area contributed by atoms with Crippen molar-refractivity contribution < 1.29 is 4.74 Å². The first-order valence-electron chi connectivity index (χ1n) is 6.46. The lowest BCUT2D eigenvalue weighted by molar-refractivity contribution is 0.442. The molecular weight excluding hydrogens is 354 g/mol. The van der Waals surface area contributed by atoms with E-state index in [1.807, 2.05) is 33.8 Å². The molecular formula is C15H17BrClN3O. The van der Waals surface area contributed by atoms with Crippen LogP contribution in [-0.2, 0) is 5.41 Å². The molecule has 2 aromatic rings. The van der Waals surface area contributed by atoms with Crippen LogP contribution in [0.25, 0.3) is 0 Å². The molecule has 112 valence electrons. The second-order valence-electron chi connectivity index (χ2n) is 5.79. The van der Waals surface area contributed by atoms with Gasteiger partial charge in [0.1, 0.15) is 17.4 Å². The van der Waals surface area contributed by atoms with E-state index >= 15 is 0 Å². The Labute approximate surface area is 137 Å². The number of nitrogens with two attached hydrogens (primary N) is 1. The van der Waals surface area contributed by atoms with E-state index in [2.05, 4.69) is 25.9 Å². The van der Waals surface area contributed by atoms with E-state index in [0.29, 0.717) is 33.9 Å². The molecule has 0 amide bonds. The second-order valence-corrected chi connectivity index (χ2v) is 7.11. The van der Waals surface area contributed by atoms with Crippen LogP contribution < -0.4 is 10.5 Å². The first-order chi connectivity index (χ1) is 9.68. The predicted molar refractivity (Wildman–Crippen MR) is 89.1 cm³/mol. The molecule has 1 aromatic heterocycles. The van der Waals surface area contributed by atoms with E-state index in [1.165, 1.54) is 0 Å². The number of hydrogen-bond donors (Lipinski definition) is 1. The van der Waals surface area contributed by atoms with Gasteiger partial charge in [-0.1, -0.05) is 48.3 Å². The zero-order valence-corrected chi connectivity index (χ0v) is 14.7. The van der Waals surface area contributed by atoms with Crippen molar-refractivity contribution in [3.8, 4) is 11.6 Å². The minimum absolute atomic E-state index is 0.221. The summed E-state index contributed by atoms with van der Waals surface area (Å²) in [4.78, 5) is 8.81. The number of hydrogen-bond acceptors (Lipinski definition) is 4. The minimum atomic E-state index is -0.221. The average Bonchev–Trinajstić information content (AvgIpc) is 2.37. The van der Waals surface area contributed by atoms with E-state index in [1.54, 1.807) is 12.1 Å². The Bertz CT molecular complexity index is 683. The molecule has 0 aliphatic carbocycles. The molecule has 0 bridgehead atoms. The van der Waals surface area contributed by atoms with Gasteiger partial charge in [-0.25, -0.2) is 4.98 Å². The van der Waals surface area contributed by atoms with Crippen LogP contribution in [0.3, 0.4) is 0 Å². The maximum Gasteiger partial charge on any atom is 0.227 e. The van der Waals surface area contributed by atoms with E-state index in [-0.39, 0.29) is 5.41 Å². The highest BCUT2D eigenvalue weighted by Gasteiger charge is 2.21. The molecule has 6 heteroatoms. The van der Waals surface area contributed by atoms with Gasteiger partial charge in [-0.15, -0.1) is 0 Å². The van der Waals surface area contributed by atoms with Crippen molar-refractivity contribution in [2.45, 2.75) is 33.1 Å². The van der Waals surface area contributed by atoms with Gasteiger partial charge in [0.25, 0.3) is 0 Å². The molecule has 0 radical (unpaired) electrons. The molecule has 0 unspecified atom stereocenters. The molecule has 1 aromatic carbocycles. The van der Waals surface area contributed by atoms with Crippen LogP contribution in [-0.4, -0.2) is 9.97 Å². The van der Waals surface area contributed by atoms with Gasteiger partial charge < -0.3 is 10.5 Å². The predicted octanol–water partition coefficient (Wildman–Crippen LogP) is 4.87. The number of halogens is 2. The molecule has 0 atom stereocenters. The highest BCUT2D eigenvalue weighted by molar-refractivity contribution is 9.10. The third-order valence-corrected chi connectivity index (χ3v) is 3.72. The van der Waals surface area contributed by atoms with Crippen molar-refractivity contribution in [1.29, 1.82) is 0 Å². The summed E-state index contributed by atoms with van der Waals surface area (Å²) in [5, 5.41) is 0.507. The maximum atomic E-state index is 6.15. The number of rotatable bonds is 2. The van der Waals surface area contributed by atoms with Gasteiger partial charge in [0.05, 0.1) is 10.6 Å². The van der Waals surface area contributed by atoms with Crippen LogP contribution in [0.4, 0.5) is 5.82 Å². The average molecular weight is 371 g/mol. The number of anilines is 1. The second kappa shape index (κ2) is 5.81. The van der Waals surface area contributed by atoms with E-state index in [4.69, 9.17) is 22.1 Å². The standard InChI is InChI=1S/C15H17BrClN3O/c1-8-12(18)19-14(15(2,3)4)20-13(8)21-11-7-9(16)5-6-10(11)17/h5-7H,1-4H3,(H2,18,19,20). The largest absolute Gasteiger partial charge is 0.437 e. The lowest BCUT2D eigenvalue weighted by atomic mass is 9.95. The van der Waals surface area contributed by atoms with Crippen molar-refractivity contribution in [2.75, 3.05) is 5.73 Å². The first kappa shape index (κ1) is 16.0. The lowest BCUT2D eigenvalue weighted by Gasteiger charge is -2.19. The lowest BCUT2D eigenvalue weighted by Crippen LogP contribution is -2.18. The third-order valence-electron chi connectivity index (χ3n) is 2.91. The highest BCUT2D eigenvalue weighted by atomic mass is 79.9. The fraction of sp³-hybridized carbons (Fsp3) is 0.333. The Morgan fingerprint density at radius 3 is 2.52 bits per heavy atom. The van der Waals surface area contributed by atoms with E-state index in [9.17, 15) is 0 Å². The van der Waals surface area contributed by atoms with Gasteiger partial charge in [-0.3, -0.25) is 0 Å².